The van der Waals surface area contributed by atoms with Crippen molar-refractivity contribution in [2.75, 3.05) is 26.2 Å². The van der Waals surface area contributed by atoms with Gasteiger partial charge in [-0.15, -0.1) is 0 Å². The topological polar surface area (TPSA) is 32.3 Å². The van der Waals surface area contributed by atoms with Crippen molar-refractivity contribution in [1.82, 2.24) is 10.2 Å². The third-order valence-corrected chi connectivity index (χ3v) is 1.30. The molecule has 0 saturated carbocycles. The number of piperazine rings is 1. The first-order valence-electron chi connectivity index (χ1n) is 5.57. The zero-order valence-electron chi connectivity index (χ0n) is 10.3. The maximum absolute atomic E-state index is 10.1. The quantitative estimate of drug-likeness (QED) is 0.657. The minimum absolute atomic E-state index is 0.833. The predicted octanol–water partition coefficient (Wildman–Crippen LogP) is 1.74. The summed E-state index contributed by atoms with van der Waals surface area (Å²) in [6.07, 6.45) is 0.904. The van der Waals surface area contributed by atoms with Crippen LogP contribution in [0.5, 0.6) is 0 Å². The van der Waals surface area contributed by atoms with Crippen LogP contribution in [0, 0.1) is 5.92 Å². The molecule has 1 aliphatic rings. The lowest BCUT2D eigenvalue weighted by Crippen LogP contribution is -2.42. The molecule has 0 spiro atoms. The Kier molecular flexibility index (Phi) is 14.1. The molecule has 1 N–H and O–H groups in total. The molecule has 1 amide bonds. The summed E-state index contributed by atoms with van der Waals surface area (Å²) < 4.78 is 0. The average molecular weight is 202 g/mol. The van der Waals surface area contributed by atoms with Crippen LogP contribution in [0.15, 0.2) is 0 Å². The zero-order valence-corrected chi connectivity index (χ0v) is 10.3. The van der Waals surface area contributed by atoms with Crippen molar-refractivity contribution in [3.8, 4) is 0 Å². The van der Waals surface area contributed by atoms with Gasteiger partial charge in [-0.3, -0.25) is 4.79 Å². The van der Waals surface area contributed by atoms with Crippen LogP contribution in [0.2, 0.25) is 0 Å². The Morgan fingerprint density at radius 2 is 1.50 bits per heavy atom. The fraction of sp³-hybridized carbons (Fsp3) is 0.909. The van der Waals surface area contributed by atoms with Gasteiger partial charge in [-0.25, -0.2) is 0 Å². The standard InChI is InChI=1S/C5H10N2O.C4H10.C2H6/c8-5-7-3-1-6-2-4-7;1-4(2)3;1-2/h5-6H,1-4H2;4H,1-3H3;1-2H3. The van der Waals surface area contributed by atoms with Gasteiger partial charge < -0.3 is 10.2 Å². The van der Waals surface area contributed by atoms with E-state index in [-0.39, 0.29) is 0 Å². The van der Waals surface area contributed by atoms with Gasteiger partial charge in [-0.1, -0.05) is 34.6 Å². The highest BCUT2D eigenvalue weighted by molar-refractivity contribution is 5.47. The van der Waals surface area contributed by atoms with Crippen LogP contribution in [-0.4, -0.2) is 37.5 Å². The zero-order chi connectivity index (χ0) is 11.4. The predicted molar refractivity (Wildman–Crippen MR) is 62.4 cm³/mol. The van der Waals surface area contributed by atoms with Crippen molar-refractivity contribution >= 4 is 6.41 Å². The van der Waals surface area contributed by atoms with Gasteiger partial charge in [0.2, 0.25) is 6.41 Å². The highest BCUT2D eigenvalue weighted by Crippen LogP contribution is 1.84. The molecule has 3 heteroatoms. The van der Waals surface area contributed by atoms with E-state index in [4.69, 9.17) is 0 Å². The van der Waals surface area contributed by atoms with Crippen LogP contribution in [-0.2, 0) is 4.79 Å². The fourth-order valence-corrected chi connectivity index (χ4v) is 0.788. The van der Waals surface area contributed by atoms with Crippen LogP contribution in [0.4, 0.5) is 0 Å². The number of nitrogens with zero attached hydrogens (tertiary/aromatic N) is 1. The van der Waals surface area contributed by atoms with E-state index in [2.05, 4.69) is 26.1 Å². The van der Waals surface area contributed by atoms with E-state index in [9.17, 15) is 4.79 Å². The number of rotatable bonds is 1. The average Bonchev–Trinajstić information content (AvgIpc) is 2.21. The lowest BCUT2D eigenvalue weighted by Gasteiger charge is -2.22. The van der Waals surface area contributed by atoms with Crippen LogP contribution in [0.1, 0.15) is 34.6 Å². The van der Waals surface area contributed by atoms with Gasteiger partial charge in [0.05, 0.1) is 0 Å². The largest absolute Gasteiger partial charge is 0.343 e. The second kappa shape index (κ2) is 12.4. The molecule has 0 aromatic rings. The number of hydrogen-bond acceptors (Lipinski definition) is 2. The third-order valence-electron chi connectivity index (χ3n) is 1.30. The van der Waals surface area contributed by atoms with Crippen molar-refractivity contribution in [2.24, 2.45) is 5.92 Å². The molecule has 0 aromatic carbocycles. The van der Waals surface area contributed by atoms with E-state index < -0.39 is 0 Å². The SMILES string of the molecule is CC.CC(C)C.O=CN1CCNCC1. The van der Waals surface area contributed by atoms with E-state index >= 15 is 0 Å². The summed E-state index contributed by atoms with van der Waals surface area (Å²) >= 11 is 0. The molecule has 3 nitrogen and oxygen atoms in total. The summed E-state index contributed by atoms with van der Waals surface area (Å²) in [5, 5.41) is 3.15. The second-order valence-electron chi connectivity index (χ2n) is 3.62. The number of carbonyl (C=O) groups excluding carboxylic acids is 1. The van der Waals surface area contributed by atoms with E-state index in [1.54, 1.807) is 4.90 Å². The monoisotopic (exact) mass is 202 g/mol. The molecule has 1 aliphatic heterocycles. The van der Waals surface area contributed by atoms with Gasteiger partial charge >= 0.3 is 0 Å². The molecular formula is C11H26N2O. The molecule has 1 rings (SSSR count). The Morgan fingerprint density at radius 1 is 1.14 bits per heavy atom. The van der Waals surface area contributed by atoms with Gasteiger partial charge in [0.25, 0.3) is 0 Å². The van der Waals surface area contributed by atoms with Crippen LogP contribution >= 0.6 is 0 Å². The maximum atomic E-state index is 10.1. The van der Waals surface area contributed by atoms with Gasteiger partial charge in [0.15, 0.2) is 0 Å². The Bertz CT molecular complexity index is 107. The lowest BCUT2D eigenvalue weighted by molar-refractivity contribution is -0.118. The highest BCUT2D eigenvalue weighted by atomic mass is 16.1. The molecular weight excluding hydrogens is 176 g/mol. The van der Waals surface area contributed by atoms with Gasteiger partial charge in [-0.05, 0) is 5.92 Å². The molecule has 0 radical (unpaired) electrons. The van der Waals surface area contributed by atoms with Crippen molar-refractivity contribution in [1.29, 1.82) is 0 Å². The lowest BCUT2D eigenvalue weighted by atomic mass is 10.3. The Balaban J connectivity index is 0. The molecule has 1 saturated heterocycles. The van der Waals surface area contributed by atoms with Crippen molar-refractivity contribution in [3.63, 3.8) is 0 Å². The summed E-state index contributed by atoms with van der Waals surface area (Å²) in [5.74, 6) is 0.833. The molecule has 0 atom stereocenters. The summed E-state index contributed by atoms with van der Waals surface area (Å²) in [6, 6.07) is 0. The number of amides is 1. The third kappa shape index (κ3) is 14.0. The summed E-state index contributed by atoms with van der Waals surface area (Å²) in [5.41, 5.74) is 0. The number of carbonyl (C=O) groups is 1. The molecule has 1 fully saturated rings. The first-order chi connectivity index (χ1) is 6.66. The van der Waals surface area contributed by atoms with Gasteiger partial charge in [0.1, 0.15) is 0 Å². The maximum Gasteiger partial charge on any atom is 0.209 e. The number of nitrogens with one attached hydrogen (secondary N) is 1. The van der Waals surface area contributed by atoms with E-state index in [1.165, 1.54) is 0 Å². The normalized spacial score (nSPS) is 14.9. The van der Waals surface area contributed by atoms with E-state index in [0.29, 0.717) is 0 Å². The minimum Gasteiger partial charge on any atom is -0.343 e. The molecule has 86 valence electrons. The summed E-state index contributed by atoms with van der Waals surface area (Å²) in [6.45, 7) is 14.1. The van der Waals surface area contributed by atoms with E-state index in [1.807, 2.05) is 13.8 Å². The highest BCUT2D eigenvalue weighted by Gasteiger charge is 2.04. The van der Waals surface area contributed by atoms with Crippen LogP contribution < -0.4 is 5.32 Å². The summed E-state index contributed by atoms with van der Waals surface area (Å²) in [4.78, 5) is 11.8. The Hall–Kier alpha value is -0.570. The van der Waals surface area contributed by atoms with Gasteiger partial charge in [-0.2, -0.15) is 0 Å². The van der Waals surface area contributed by atoms with Crippen molar-refractivity contribution < 1.29 is 4.79 Å². The van der Waals surface area contributed by atoms with Crippen LogP contribution in [0.25, 0.3) is 0 Å². The molecule has 0 unspecified atom stereocenters. The number of hydrogen-bond donors (Lipinski definition) is 1. The smallest absolute Gasteiger partial charge is 0.209 e. The first kappa shape index (κ1) is 15.9. The summed E-state index contributed by atoms with van der Waals surface area (Å²) in [7, 11) is 0. The second-order valence-corrected chi connectivity index (χ2v) is 3.62. The minimum atomic E-state index is 0.833. The Labute approximate surface area is 88.9 Å². The molecule has 1 heterocycles. The van der Waals surface area contributed by atoms with Crippen LogP contribution in [0.3, 0.4) is 0 Å². The molecule has 0 bridgehead atoms. The van der Waals surface area contributed by atoms with Crippen molar-refractivity contribution in [2.45, 2.75) is 34.6 Å². The molecule has 0 aliphatic carbocycles. The van der Waals surface area contributed by atoms with E-state index in [0.717, 1.165) is 38.5 Å². The first-order valence-corrected chi connectivity index (χ1v) is 5.57. The van der Waals surface area contributed by atoms with Crippen molar-refractivity contribution in [3.05, 3.63) is 0 Å². The molecule has 0 aromatic heterocycles. The molecule has 14 heavy (non-hydrogen) atoms. The Morgan fingerprint density at radius 3 is 1.71 bits per heavy atom. The fourth-order valence-electron chi connectivity index (χ4n) is 0.788. The van der Waals surface area contributed by atoms with Gasteiger partial charge in [0, 0.05) is 26.2 Å².